The molecular formula is C21H20N4O4. The van der Waals surface area contributed by atoms with Gasteiger partial charge in [-0.1, -0.05) is 17.3 Å². The fourth-order valence-electron chi connectivity index (χ4n) is 3.32. The number of nitrogens with one attached hydrogen (secondary N) is 1. The molecule has 1 aliphatic heterocycles. The van der Waals surface area contributed by atoms with E-state index in [1.165, 1.54) is 0 Å². The van der Waals surface area contributed by atoms with Crippen LogP contribution in [0, 0.1) is 12.8 Å². The van der Waals surface area contributed by atoms with Gasteiger partial charge in [-0.15, -0.1) is 0 Å². The summed E-state index contributed by atoms with van der Waals surface area (Å²) in [4.78, 5) is 30.9. The minimum absolute atomic E-state index is 0.100. The van der Waals surface area contributed by atoms with Crippen molar-refractivity contribution in [3.05, 3.63) is 54.4 Å². The van der Waals surface area contributed by atoms with Gasteiger partial charge in [-0.05, 0) is 43.3 Å². The highest BCUT2D eigenvalue weighted by Crippen LogP contribution is 2.33. The standard InChI is InChI=1S/C21H20N4O4/c1-13-22-21(29-24-13)14-7-9-16(10-8-14)23-20(27)15-11-19(26)25(12-15)17-5-3-4-6-18(17)28-2/h3-10,15H,11-12H2,1-2H3,(H,23,27)/t15-/m1/s1. The van der Waals surface area contributed by atoms with Gasteiger partial charge in [-0.2, -0.15) is 4.98 Å². The molecule has 0 aliphatic carbocycles. The smallest absolute Gasteiger partial charge is 0.257 e. The van der Waals surface area contributed by atoms with Crippen LogP contribution in [-0.2, 0) is 9.59 Å². The molecule has 29 heavy (non-hydrogen) atoms. The van der Waals surface area contributed by atoms with Gasteiger partial charge in [0.25, 0.3) is 5.89 Å². The van der Waals surface area contributed by atoms with Gasteiger partial charge in [-0.25, -0.2) is 0 Å². The Kier molecular flexibility index (Phi) is 4.99. The molecular weight excluding hydrogens is 372 g/mol. The molecule has 1 aromatic heterocycles. The number of aromatic nitrogens is 2. The van der Waals surface area contributed by atoms with Crippen molar-refractivity contribution in [2.45, 2.75) is 13.3 Å². The number of anilines is 2. The summed E-state index contributed by atoms with van der Waals surface area (Å²) < 4.78 is 10.5. The Hall–Kier alpha value is -3.68. The number of aryl methyl sites for hydroxylation is 1. The maximum atomic E-state index is 12.7. The molecule has 8 heteroatoms. The van der Waals surface area contributed by atoms with Crippen molar-refractivity contribution in [3.63, 3.8) is 0 Å². The van der Waals surface area contributed by atoms with E-state index in [4.69, 9.17) is 9.26 Å². The summed E-state index contributed by atoms with van der Waals surface area (Å²) in [7, 11) is 1.56. The van der Waals surface area contributed by atoms with Gasteiger partial charge in [-0.3, -0.25) is 9.59 Å². The molecule has 1 saturated heterocycles. The van der Waals surface area contributed by atoms with Crippen molar-refractivity contribution in [1.29, 1.82) is 0 Å². The third-order valence-electron chi connectivity index (χ3n) is 4.80. The fourth-order valence-corrected chi connectivity index (χ4v) is 3.32. The zero-order chi connectivity index (χ0) is 20.4. The highest BCUT2D eigenvalue weighted by molar-refractivity contribution is 6.04. The van der Waals surface area contributed by atoms with Crippen LogP contribution in [0.5, 0.6) is 5.75 Å². The van der Waals surface area contributed by atoms with Crippen LogP contribution in [0.2, 0.25) is 0 Å². The Bertz CT molecular complexity index is 1040. The molecule has 0 bridgehead atoms. The summed E-state index contributed by atoms with van der Waals surface area (Å²) in [5, 5.41) is 6.64. The van der Waals surface area contributed by atoms with Crippen LogP contribution < -0.4 is 15.0 Å². The van der Waals surface area contributed by atoms with Gasteiger partial charge in [0.1, 0.15) is 5.75 Å². The van der Waals surface area contributed by atoms with Crippen molar-refractivity contribution in [3.8, 4) is 17.2 Å². The molecule has 0 spiro atoms. The number of methoxy groups -OCH3 is 1. The lowest BCUT2D eigenvalue weighted by Crippen LogP contribution is -2.28. The molecule has 1 atom stereocenters. The average Bonchev–Trinajstić information content (AvgIpc) is 3.34. The monoisotopic (exact) mass is 392 g/mol. The van der Waals surface area contributed by atoms with E-state index >= 15 is 0 Å². The minimum atomic E-state index is -0.439. The first-order chi connectivity index (χ1) is 14.0. The first-order valence-corrected chi connectivity index (χ1v) is 9.20. The summed E-state index contributed by atoms with van der Waals surface area (Å²) in [6.07, 6.45) is 0.156. The van der Waals surface area contributed by atoms with E-state index in [-0.39, 0.29) is 18.2 Å². The molecule has 0 unspecified atom stereocenters. The largest absolute Gasteiger partial charge is 0.495 e. The summed E-state index contributed by atoms with van der Waals surface area (Å²) in [6, 6.07) is 14.4. The molecule has 148 valence electrons. The van der Waals surface area contributed by atoms with Crippen LogP contribution in [0.15, 0.2) is 53.1 Å². The van der Waals surface area contributed by atoms with E-state index in [0.29, 0.717) is 35.4 Å². The first kappa shape index (κ1) is 18.7. The van der Waals surface area contributed by atoms with E-state index in [0.717, 1.165) is 5.56 Å². The van der Waals surface area contributed by atoms with Crippen molar-refractivity contribution in [2.24, 2.45) is 5.92 Å². The van der Waals surface area contributed by atoms with E-state index in [1.54, 1.807) is 49.3 Å². The number of amides is 2. The molecule has 3 aromatic rings. The van der Waals surface area contributed by atoms with E-state index in [9.17, 15) is 9.59 Å². The first-order valence-electron chi connectivity index (χ1n) is 9.20. The second kappa shape index (κ2) is 7.75. The summed E-state index contributed by atoms with van der Waals surface area (Å²) >= 11 is 0. The Morgan fingerprint density at radius 2 is 1.97 bits per heavy atom. The minimum Gasteiger partial charge on any atom is -0.495 e. The molecule has 2 aromatic carbocycles. The van der Waals surface area contributed by atoms with E-state index in [2.05, 4.69) is 15.5 Å². The maximum absolute atomic E-state index is 12.7. The Balaban J connectivity index is 1.43. The van der Waals surface area contributed by atoms with Crippen LogP contribution in [0.25, 0.3) is 11.5 Å². The van der Waals surface area contributed by atoms with Crippen molar-refractivity contribution in [2.75, 3.05) is 23.9 Å². The molecule has 1 N–H and O–H groups in total. The third kappa shape index (κ3) is 3.82. The summed E-state index contributed by atoms with van der Waals surface area (Å²) in [6.45, 7) is 2.06. The number of rotatable bonds is 5. The number of carbonyl (C=O) groups excluding carboxylic acids is 2. The van der Waals surface area contributed by atoms with Crippen LogP contribution in [0.4, 0.5) is 11.4 Å². The predicted octanol–water partition coefficient (Wildman–Crippen LogP) is 3.05. The van der Waals surface area contributed by atoms with Gasteiger partial charge in [0.05, 0.1) is 18.7 Å². The lowest BCUT2D eigenvalue weighted by molar-refractivity contribution is -0.122. The second-order valence-electron chi connectivity index (χ2n) is 6.79. The highest BCUT2D eigenvalue weighted by Gasteiger charge is 2.36. The molecule has 2 amide bonds. The predicted molar refractivity (Wildman–Crippen MR) is 107 cm³/mol. The topological polar surface area (TPSA) is 97.6 Å². The number of carbonyl (C=O) groups is 2. The summed E-state index contributed by atoms with van der Waals surface area (Å²) in [5.41, 5.74) is 2.08. The van der Waals surface area contributed by atoms with Gasteiger partial charge in [0, 0.05) is 24.2 Å². The van der Waals surface area contributed by atoms with E-state index in [1.807, 2.05) is 18.2 Å². The van der Waals surface area contributed by atoms with Crippen molar-refractivity contribution < 1.29 is 18.8 Å². The lowest BCUT2D eigenvalue weighted by atomic mass is 10.1. The molecule has 4 rings (SSSR count). The Morgan fingerprint density at radius 3 is 2.66 bits per heavy atom. The Morgan fingerprint density at radius 1 is 1.21 bits per heavy atom. The number of para-hydroxylation sites is 2. The van der Waals surface area contributed by atoms with Crippen LogP contribution in [-0.4, -0.2) is 35.6 Å². The number of benzene rings is 2. The zero-order valence-corrected chi connectivity index (χ0v) is 16.1. The third-order valence-corrected chi connectivity index (χ3v) is 4.80. The summed E-state index contributed by atoms with van der Waals surface area (Å²) in [5.74, 6) is 0.852. The average molecular weight is 392 g/mol. The van der Waals surface area contributed by atoms with Gasteiger partial charge in [0.2, 0.25) is 11.8 Å². The normalized spacial score (nSPS) is 16.1. The number of ether oxygens (including phenoxy) is 1. The Labute approximate surface area is 167 Å². The number of hydrogen-bond acceptors (Lipinski definition) is 6. The van der Waals surface area contributed by atoms with Gasteiger partial charge in [0.15, 0.2) is 5.82 Å². The quantitative estimate of drug-likeness (QED) is 0.717. The molecule has 0 saturated carbocycles. The van der Waals surface area contributed by atoms with Crippen LogP contribution >= 0.6 is 0 Å². The van der Waals surface area contributed by atoms with E-state index < -0.39 is 5.92 Å². The van der Waals surface area contributed by atoms with Gasteiger partial charge >= 0.3 is 0 Å². The van der Waals surface area contributed by atoms with Crippen molar-refractivity contribution in [1.82, 2.24) is 10.1 Å². The molecule has 1 aliphatic rings. The van der Waals surface area contributed by atoms with Crippen molar-refractivity contribution >= 4 is 23.2 Å². The molecule has 1 fully saturated rings. The second-order valence-corrected chi connectivity index (χ2v) is 6.79. The lowest BCUT2D eigenvalue weighted by Gasteiger charge is -2.19. The SMILES string of the molecule is COc1ccccc1N1C[C@H](C(=O)Nc2ccc(-c3nc(C)no3)cc2)CC1=O. The van der Waals surface area contributed by atoms with Crippen LogP contribution in [0.1, 0.15) is 12.2 Å². The maximum Gasteiger partial charge on any atom is 0.257 e. The zero-order valence-electron chi connectivity index (χ0n) is 16.1. The molecule has 2 heterocycles. The molecule has 0 radical (unpaired) electrons. The fraction of sp³-hybridized carbons (Fsp3) is 0.238. The highest BCUT2D eigenvalue weighted by atomic mass is 16.5. The van der Waals surface area contributed by atoms with Gasteiger partial charge < -0.3 is 19.5 Å². The van der Waals surface area contributed by atoms with Crippen LogP contribution in [0.3, 0.4) is 0 Å². The number of nitrogens with zero attached hydrogens (tertiary/aromatic N) is 3. The number of hydrogen-bond donors (Lipinski definition) is 1. The molecule has 8 nitrogen and oxygen atoms in total.